The van der Waals surface area contributed by atoms with Crippen molar-refractivity contribution < 1.29 is 0 Å². The van der Waals surface area contributed by atoms with Crippen LogP contribution in [0.3, 0.4) is 0 Å². The lowest BCUT2D eigenvalue weighted by Crippen LogP contribution is -1.94. The molecule has 0 fully saturated rings. The van der Waals surface area contributed by atoms with Crippen LogP contribution in [0.2, 0.25) is 0 Å². The molecule has 160 valence electrons. The molecule has 2 N–H and O–H groups in total. The van der Waals surface area contributed by atoms with Crippen molar-refractivity contribution in [2.24, 2.45) is 0 Å². The molecule has 0 atom stereocenters. The van der Waals surface area contributed by atoms with Crippen molar-refractivity contribution in [2.75, 3.05) is 0 Å². The standard InChI is InChI=1S/C29H34N2/c1-5-9-10-11-21-27-23-17-19(7-3)13-15-25(23)30-28(27)20(8-4)26-22-16-18(6-2)12-14-24(22)31-29(21)26/h12-17,30-31H,5-11H2,1-4H3. The molecule has 0 bridgehead atoms. The molecule has 0 aliphatic rings. The number of aromatic nitrogens is 2. The van der Waals surface area contributed by atoms with E-state index in [4.69, 9.17) is 0 Å². The second kappa shape index (κ2) is 8.07. The summed E-state index contributed by atoms with van der Waals surface area (Å²) in [5, 5.41) is 5.67. The van der Waals surface area contributed by atoms with E-state index >= 15 is 0 Å². The molecule has 2 nitrogen and oxygen atoms in total. The number of rotatable bonds is 7. The summed E-state index contributed by atoms with van der Waals surface area (Å²) < 4.78 is 0. The van der Waals surface area contributed by atoms with Crippen molar-refractivity contribution in [3.63, 3.8) is 0 Å². The van der Waals surface area contributed by atoms with E-state index in [0.717, 1.165) is 25.7 Å². The first-order valence-electron chi connectivity index (χ1n) is 12.2. The number of H-pyrrole nitrogens is 2. The number of benzene rings is 3. The van der Waals surface area contributed by atoms with Crippen molar-refractivity contribution in [1.82, 2.24) is 9.97 Å². The summed E-state index contributed by atoms with van der Waals surface area (Å²) in [6.07, 6.45) is 8.06. The molecule has 0 saturated heterocycles. The number of nitrogens with one attached hydrogen (secondary N) is 2. The topological polar surface area (TPSA) is 31.6 Å². The van der Waals surface area contributed by atoms with Crippen LogP contribution in [0.5, 0.6) is 0 Å². The SMILES string of the molecule is CCCCCc1c2[nH]c3ccc(CC)cc3c2c(CC)c2[nH]c3ccc(CC)cc3c12. The Kier molecular flexibility index (Phi) is 5.25. The van der Waals surface area contributed by atoms with Crippen LogP contribution >= 0.6 is 0 Å². The minimum atomic E-state index is 1.03. The molecule has 0 saturated carbocycles. The van der Waals surface area contributed by atoms with Crippen LogP contribution in [0.1, 0.15) is 69.2 Å². The number of aromatic amines is 2. The van der Waals surface area contributed by atoms with Gasteiger partial charge >= 0.3 is 0 Å². The van der Waals surface area contributed by atoms with Crippen LogP contribution in [0.15, 0.2) is 36.4 Å². The Morgan fingerprint density at radius 1 is 0.613 bits per heavy atom. The summed E-state index contributed by atoms with van der Waals surface area (Å²) in [5.41, 5.74) is 11.0. The van der Waals surface area contributed by atoms with Crippen molar-refractivity contribution in [3.05, 3.63) is 58.7 Å². The lowest BCUT2D eigenvalue weighted by molar-refractivity contribution is 0.721. The molecule has 31 heavy (non-hydrogen) atoms. The Labute approximate surface area is 185 Å². The maximum absolute atomic E-state index is 3.86. The molecule has 0 aliphatic heterocycles. The maximum Gasteiger partial charge on any atom is 0.0508 e. The molecule has 0 aliphatic carbocycles. The molecule has 0 unspecified atom stereocenters. The highest BCUT2D eigenvalue weighted by molar-refractivity contribution is 6.21. The van der Waals surface area contributed by atoms with E-state index in [1.54, 1.807) is 0 Å². The molecule has 2 heterocycles. The highest BCUT2D eigenvalue weighted by Gasteiger charge is 2.21. The summed E-state index contributed by atoms with van der Waals surface area (Å²) in [6, 6.07) is 13.9. The van der Waals surface area contributed by atoms with Crippen molar-refractivity contribution in [2.45, 2.75) is 72.6 Å². The van der Waals surface area contributed by atoms with Crippen LogP contribution in [0, 0.1) is 0 Å². The van der Waals surface area contributed by atoms with Crippen LogP contribution < -0.4 is 0 Å². The lowest BCUT2D eigenvalue weighted by atomic mass is 9.92. The van der Waals surface area contributed by atoms with Gasteiger partial charge in [-0.05, 0) is 78.6 Å². The fourth-order valence-electron chi connectivity index (χ4n) is 5.40. The van der Waals surface area contributed by atoms with Crippen LogP contribution in [0.25, 0.3) is 43.6 Å². The lowest BCUT2D eigenvalue weighted by Gasteiger charge is -2.12. The van der Waals surface area contributed by atoms with Gasteiger partial charge in [-0.3, -0.25) is 0 Å². The Balaban J connectivity index is 1.95. The van der Waals surface area contributed by atoms with E-state index in [1.807, 2.05) is 0 Å². The second-order valence-corrected chi connectivity index (χ2v) is 8.98. The zero-order valence-electron chi connectivity index (χ0n) is 19.4. The van der Waals surface area contributed by atoms with Gasteiger partial charge in [0, 0.05) is 32.6 Å². The molecule has 0 spiro atoms. The summed E-state index contributed by atoms with van der Waals surface area (Å²) >= 11 is 0. The number of hydrogen-bond donors (Lipinski definition) is 2. The first kappa shape index (κ1) is 20.2. The third-order valence-electron chi connectivity index (χ3n) is 7.13. The molecule has 2 aromatic heterocycles. The third-order valence-corrected chi connectivity index (χ3v) is 7.13. The summed E-state index contributed by atoms with van der Waals surface area (Å²) in [7, 11) is 0. The van der Waals surface area contributed by atoms with E-state index in [1.165, 1.54) is 85.1 Å². The number of hydrogen-bond acceptors (Lipinski definition) is 0. The predicted molar refractivity (Wildman–Crippen MR) is 137 cm³/mol. The minimum Gasteiger partial charge on any atom is -0.354 e. The normalized spacial score (nSPS) is 12.1. The molecule has 0 amide bonds. The molecule has 0 radical (unpaired) electrons. The summed E-state index contributed by atoms with van der Waals surface area (Å²) in [6.45, 7) is 9.08. The van der Waals surface area contributed by atoms with E-state index in [9.17, 15) is 0 Å². The molecular weight excluding hydrogens is 376 g/mol. The van der Waals surface area contributed by atoms with Gasteiger partial charge in [0.15, 0.2) is 0 Å². The minimum absolute atomic E-state index is 1.03. The second-order valence-electron chi connectivity index (χ2n) is 8.98. The Bertz CT molecular complexity index is 1390. The third kappa shape index (κ3) is 3.15. The van der Waals surface area contributed by atoms with Crippen LogP contribution in [-0.2, 0) is 25.7 Å². The van der Waals surface area contributed by atoms with Crippen LogP contribution in [0.4, 0.5) is 0 Å². The Hall–Kier alpha value is -2.74. The molecule has 2 heteroatoms. The van der Waals surface area contributed by atoms with Gasteiger partial charge in [-0.1, -0.05) is 52.7 Å². The fraction of sp³-hybridized carbons (Fsp3) is 0.379. The van der Waals surface area contributed by atoms with Crippen molar-refractivity contribution in [1.29, 1.82) is 0 Å². The van der Waals surface area contributed by atoms with Gasteiger partial charge in [0.05, 0.1) is 11.0 Å². The number of unbranched alkanes of at least 4 members (excludes halogenated alkanes) is 2. The quantitative estimate of drug-likeness (QED) is 0.253. The number of fused-ring (bicyclic) bond motifs is 6. The molecule has 5 rings (SSSR count). The van der Waals surface area contributed by atoms with Gasteiger partial charge in [0.1, 0.15) is 0 Å². The van der Waals surface area contributed by atoms with Gasteiger partial charge < -0.3 is 9.97 Å². The van der Waals surface area contributed by atoms with Gasteiger partial charge in [-0.15, -0.1) is 0 Å². The monoisotopic (exact) mass is 410 g/mol. The predicted octanol–water partition coefficient (Wildman–Crippen LogP) is 8.38. The fourth-order valence-corrected chi connectivity index (χ4v) is 5.40. The Morgan fingerprint density at radius 3 is 1.68 bits per heavy atom. The molecule has 3 aromatic carbocycles. The van der Waals surface area contributed by atoms with Gasteiger partial charge in [-0.25, -0.2) is 0 Å². The maximum atomic E-state index is 3.86. The summed E-state index contributed by atoms with van der Waals surface area (Å²) in [4.78, 5) is 7.70. The Morgan fingerprint density at radius 2 is 1.16 bits per heavy atom. The molecular formula is C29H34N2. The van der Waals surface area contributed by atoms with E-state index < -0.39 is 0 Å². The zero-order chi connectivity index (χ0) is 21.5. The van der Waals surface area contributed by atoms with Crippen molar-refractivity contribution in [3.8, 4) is 0 Å². The number of aryl methyl sites for hydroxylation is 4. The van der Waals surface area contributed by atoms with Gasteiger partial charge in [0.2, 0.25) is 0 Å². The first-order chi connectivity index (χ1) is 15.2. The smallest absolute Gasteiger partial charge is 0.0508 e. The largest absolute Gasteiger partial charge is 0.354 e. The van der Waals surface area contributed by atoms with Crippen molar-refractivity contribution >= 4 is 43.6 Å². The molecule has 5 aromatic rings. The van der Waals surface area contributed by atoms with Gasteiger partial charge in [0.25, 0.3) is 0 Å². The average Bonchev–Trinajstić information content (AvgIpc) is 3.36. The van der Waals surface area contributed by atoms with E-state index in [0.29, 0.717) is 0 Å². The van der Waals surface area contributed by atoms with Gasteiger partial charge in [-0.2, -0.15) is 0 Å². The first-order valence-corrected chi connectivity index (χ1v) is 12.2. The van der Waals surface area contributed by atoms with E-state index in [2.05, 4.69) is 74.1 Å². The highest BCUT2D eigenvalue weighted by Crippen LogP contribution is 2.41. The highest BCUT2D eigenvalue weighted by atomic mass is 14.7. The van der Waals surface area contributed by atoms with Crippen LogP contribution in [-0.4, -0.2) is 9.97 Å². The summed E-state index contributed by atoms with van der Waals surface area (Å²) in [5.74, 6) is 0. The average molecular weight is 411 g/mol. The zero-order valence-corrected chi connectivity index (χ0v) is 19.4. The van der Waals surface area contributed by atoms with E-state index in [-0.39, 0.29) is 0 Å².